The molecule has 210 valence electrons. The number of carbonyl (C=O) groups is 2. The molecule has 2 aromatic rings. The molecule has 1 aliphatic rings. The number of nitrogens with zero attached hydrogens (tertiary/aromatic N) is 1. The highest BCUT2D eigenvalue weighted by molar-refractivity contribution is 6.77. The second-order valence-corrected chi connectivity index (χ2v) is 17.9. The minimum absolute atomic E-state index is 0.309. The number of hydrogen-bond donors (Lipinski definition) is 0. The molecular weight excluding hydrogens is 494 g/mol. The van der Waals surface area contributed by atoms with Gasteiger partial charge >= 0.3 is 12.1 Å². The van der Waals surface area contributed by atoms with Crippen molar-refractivity contribution in [3.8, 4) is 0 Å². The van der Waals surface area contributed by atoms with Gasteiger partial charge in [-0.2, -0.15) is 0 Å². The number of hydrogen-bond acceptors (Lipinski definition) is 5. The molecule has 0 fully saturated rings. The van der Waals surface area contributed by atoms with Crippen LogP contribution >= 0.6 is 0 Å². The minimum atomic E-state index is -2.13. The summed E-state index contributed by atoms with van der Waals surface area (Å²) in [5.74, 6) is 0.703. The molecule has 0 atom stereocenters. The third-order valence-electron chi connectivity index (χ3n) is 7.78. The normalized spacial score (nSPS) is 14.8. The Labute approximate surface area is 229 Å². The molecule has 0 saturated heterocycles. The van der Waals surface area contributed by atoms with Crippen LogP contribution < -0.4 is 0 Å². The van der Waals surface area contributed by atoms with Gasteiger partial charge in [0.15, 0.2) is 0 Å². The summed E-state index contributed by atoms with van der Waals surface area (Å²) in [5.41, 5.74) is 5.19. The molecule has 0 amide bonds. The average Bonchev–Trinajstić information content (AvgIpc) is 3.00. The fraction of sp³-hybridized carbons (Fsp3) is 0.613. The monoisotopic (exact) mass is 541 g/mol. The van der Waals surface area contributed by atoms with Gasteiger partial charge in [0, 0.05) is 17.5 Å². The predicted molar refractivity (Wildman–Crippen MR) is 156 cm³/mol. The Morgan fingerprint density at radius 3 is 2.13 bits per heavy atom. The molecule has 3 rings (SSSR count). The van der Waals surface area contributed by atoms with E-state index in [2.05, 4.69) is 48.5 Å². The second kappa shape index (κ2) is 11.3. The van der Waals surface area contributed by atoms with Crippen LogP contribution in [0.5, 0.6) is 0 Å². The van der Waals surface area contributed by atoms with E-state index in [0.29, 0.717) is 41.6 Å². The number of carbonyl (C=O) groups excluding carboxylic acids is 2. The van der Waals surface area contributed by atoms with Crippen molar-refractivity contribution in [1.29, 1.82) is 0 Å². The lowest BCUT2D eigenvalue weighted by atomic mass is 10.0. The zero-order chi connectivity index (χ0) is 28.6. The molecule has 38 heavy (non-hydrogen) atoms. The van der Waals surface area contributed by atoms with E-state index in [4.69, 9.17) is 13.9 Å². The second-order valence-electron chi connectivity index (χ2n) is 12.5. The Balaban J connectivity index is 2.17. The molecule has 6 nitrogen and oxygen atoms in total. The summed E-state index contributed by atoms with van der Waals surface area (Å²) >= 11 is 0. The molecular formula is C31H47NO5Si. The first-order valence-electron chi connectivity index (χ1n) is 14.1. The van der Waals surface area contributed by atoms with Gasteiger partial charge in [-0.15, -0.1) is 0 Å². The fourth-order valence-electron chi connectivity index (χ4n) is 6.24. The SMILES string of the molecule is CCOC(=O)c1ccc2c(c1)c1c(n2C(=O)OC(C)(C)C)CCC(O[Si](C(C)C)(C(C)C)C(C)C)=C(C)C1. The lowest BCUT2D eigenvalue weighted by Crippen LogP contribution is -2.47. The summed E-state index contributed by atoms with van der Waals surface area (Å²) < 4.78 is 20.0. The van der Waals surface area contributed by atoms with Crippen molar-refractivity contribution < 1.29 is 23.5 Å². The van der Waals surface area contributed by atoms with Crippen molar-refractivity contribution in [2.24, 2.45) is 0 Å². The van der Waals surface area contributed by atoms with Crippen LogP contribution in [0.3, 0.4) is 0 Å². The van der Waals surface area contributed by atoms with Crippen LogP contribution in [0.1, 0.15) is 104 Å². The third kappa shape index (κ3) is 5.73. The topological polar surface area (TPSA) is 66.8 Å². The summed E-state index contributed by atoms with van der Waals surface area (Å²) in [6, 6.07) is 5.43. The molecule has 0 radical (unpaired) electrons. The van der Waals surface area contributed by atoms with Crippen molar-refractivity contribution in [3.05, 3.63) is 46.4 Å². The molecule has 0 unspecified atom stereocenters. The molecule has 1 aromatic heterocycles. The summed E-state index contributed by atoms with van der Waals surface area (Å²) in [6.07, 6.45) is 1.64. The van der Waals surface area contributed by atoms with Crippen molar-refractivity contribution in [3.63, 3.8) is 0 Å². The molecule has 0 spiro atoms. The number of benzene rings is 1. The van der Waals surface area contributed by atoms with E-state index in [-0.39, 0.29) is 5.97 Å². The highest BCUT2D eigenvalue weighted by Gasteiger charge is 2.47. The zero-order valence-corrected chi connectivity index (χ0v) is 26.3. The zero-order valence-electron chi connectivity index (χ0n) is 25.3. The third-order valence-corrected chi connectivity index (χ3v) is 13.8. The first kappa shape index (κ1) is 30.0. The van der Waals surface area contributed by atoms with Gasteiger partial charge in [-0.3, -0.25) is 0 Å². The predicted octanol–water partition coefficient (Wildman–Crippen LogP) is 8.56. The molecule has 0 bridgehead atoms. The highest BCUT2D eigenvalue weighted by atomic mass is 28.4. The number of allylic oxidation sites excluding steroid dienone is 2. The van der Waals surface area contributed by atoms with Gasteiger partial charge < -0.3 is 13.9 Å². The lowest BCUT2D eigenvalue weighted by molar-refractivity contribution is 0.0522. The van der Waals surface area contributed by atoms with Crippen LogP contribution in [-0.4, -0.2) is 37.2 Å². The van der Waals surface area contributed by atoms with Crippen LogP contribution in [0, 0.1) is 0 Å². The molecule has 7 heteroatoms. The van der Waals surface area contributed by atoms with Crippen molar-refractivity contribution >= 4 is 31.3 Å². The molecule has 1 aliphatic carbocycles. The standard InChI is InChI=1S/C31H47NO5Si/c1-12-35-29(33)23-13-14-26-25(18-23)24-17-22(8)28(37-38(19(2)3,20(4)5)21(6)7)16-15-27(24)32(26)30(34)36-31(9,10)11/h13-14,18-21H,12,15-17H2,1-11H3. The fourth-order valence-corrected chi connectivity index (χ4v) is 11.7. The lowest BCUT2D eigenvalue weighted by Gasteiger charge is -2.43. The first-order valence-corrected chi connectivity index (χ1v) is 16.2. The molecule has 0 aliphatic heterocycles. The highest BCUT2D eigenvalue weighted by Crippen LogP contribution is 2.45. The van der Waals surface area contributed by atoms with Crippen molar-refractivity contribution in [2.45, 2.75) is 118 Å². The molecule has 1 aromatic carbocycles. The van der Waals surface area contributed by atoms with E-state index < -0.39 is 20.0 Å². The quantitative estimate of drug-likeness (QED) is 0.259. The molecule has 0 saturated carbocycles. The first-order chi connectivity index (χ1) is 17.6. The maximum absolute atomic E-state index is 13.5. The van der Waals surface area contributed by atoms with Crippen LogP contribution in [0.2, 0.25) is 16.6 Å². The summed E-state index contributed by atoms with van der Waals surface area (Å²) in [4.78, 5) is 26.1. The maximum Gasteiger partial charge on any atom is 0.419 e. The van der Waals surface area contributed by atoms with Gasteiger partial charge in [-0.1, -0.05) is 41.5 Å². The van der Waals surface area contributed by atoms with E-state index in [1.54, 1.807) is 17.6 Å². The minimum Gasteiger partial charge on any atom is -0.546 e. The van der Waals surface area contributed by atoms with E-state index >= 15 is 0 Å². The summed E-state index contributed by atoms with van der Waals surface area (Å²) in [7, 11) is -2.13. The summed E-state index contributed by atoms with van der Waals surface area (Å²) in [6.45, 7) is 23.7. The van der Waals surface area contributed by atoms with Gasteiger partial charge in [-0.05, 0) is 93.4 Å². The number of rotatable bonds is 7. The number of esters is 1. The molecule has 1 heterocycles. The van der Waals surface area contributed by atoms with E-state index in [0.717, 1.165) is 34.3 Å². The van der Waals surface area contributed by atoms with E-state index in [1.165, 1.54) is 5.57 Å². The van der Waals surface area contributed by atoms with Crippen LogP contribution in [0.15, 0.2) is 29.5 Å². The van der Waals surface area contributed by atoms with E-state index in [9.17, 15) is 9.59 Å². The molecule has 0 N–H and O–H groups in total. The van der Waals surface area contributed by atoms with Crippen LogP contribution in [-0.2, 0) is 26.7 Å². The Kier molecular flexibility index (Phi) is 8.91. The van der Waals surface area contributed by atoms with Gasteiger partial charge in [0.2, 0.25) is 0 Å². The average molecular weight is 542 g/mol. The Morgan fingerprint density at radius 2 is 1.61 bits per heavy atom. The summed E-state index contributed by atoms with van der Waals surface area (Å²) in [5, 5.41) is 0.886. The van der Waals surface area contributed by atoms with E-state index in [1.807, 2.05) is 32.9 Å². The number of fused-ring (bicyclic) bond motifs is 3. The van der Waals surface area contributed by atoms with Crippen LogP contribution in [0.4, 0.5) is 4.79 Å². The smallest absolute Gasteiger partial charge is 0.419 e. The van der Waals surface area contributed by atoms with Gasteiger partial charge in [0.25, 0.3) is 8.32 Å². The Hall–Kier alpha value is -2.54. The van der Waals surface area contributed by atoms with Gasteiger partial charge in [0.1, 0.15) is 5.60 Å². The van der Waals surface area contributed by atoms with Gasteiger partial charge in [-0.25, -0.2) is 14.2 Å². The largest absolute Gasteiger partial charge is 0.546 e. The number of aromatic nitrogens is 1. The Bertz CT molecular complexity index is 1210. The van der Waals surface area contributed by atoms with Crippen LogP contribution in [0.25, 0.3) is 10.9 Å². The van der Waals surface area contributed by atoms with Gasteiger partial charge in [0.05, 0.1) is 23.4 Å². The maximum atomic E-state index is 13.5. The van der Waals surface area contributed by atoms with Crippen molar-refractivity contribution in [2.75, 3.05) is 6.61 Å². The Morgan fingerprint density at radius 1 is 1.00 bits per heavy atom. The van der Waals surface area contributed by atoms with Crippen molar-refractivity contribution in [1.82, 2.24) is 4.57 Å². The number of ether oxygens (including phenoxy) is 2.